The van der Waals surface area contributed by atoms with Crippen LogP contribution >= 0.6 is 11.6 Å². The van der Waals surface area contributed by atoms with Crippen LogP contribution in [-0.4, -0.2) is 28.6 Å². The number of halogens is 2. The molecule has 1 aliphatic rings. The Labute approximate surface area is 152 Å². The van der Waals surface area contributed by atoms with Gasteiger partial charge in [0.05, 0.1) is 16.5 Å². The third kappa shape index (κ3) is 2.90. The van der Waals surface area contributed by atoms with Crippen molar-refractivity contribution in [3.63, 3.8) is 0 Å². The molecule has 1 fully saturated rings. The fraction of sp³-hybridized carbons (Fsp3) is 0.167. The molecule has 0 bridgehead atoms. The van der Waals surface area contributed by atoms with E-state index in [-0.39, 0.29) is 29.8 Å². The monoisotopic (exact) mass is 372 g/mol. The molecular weight excluding hydrogens is 359 g/mol. The SMILES string of the molecule is O=C(Nc1ccc(F)c(Cl)c1)C1CC(=O)N(c2n[nH]c3ccccc23)C1. The van der Waals surface area contributed by atoms with Gasteiger partial charge in [0.25, 0.3) is 0 Å². The van der Waals surface area contributed by atoms with Crippen molar-refractivity contribution in [2.45, 2.75) is 6.42 Å². The van der Waals surface area contributed by atoms with Gasteiger partial charge in [-0.15, -0.1) is 0 Å². The molecular formula is C18H14ClFN4O2. The Balaban J connectivity index is 1.52. The third-order valence-corrected chi connectivity index (χ3v) is 4.68. The normalized spacial score (nSPS) is 17.1. The first kappa shape index (κ1) is 16.5. The van der Waals surface area contributed by atoms with Crippen LogP contribution in [0.3, 0.4) is 0 Å². The number of hydrogen-bond acceptors (Lipinski definition) is 3. The van der Waals surface area contributed by atoms with Crippen molar-refractivity contribution in [3.8, 4) is 0 Å². The van der Waals surface area contributed by atoms with Crippen molar-refractivity contribution in [3.05, 3.63) is 53.3 Å². The van der Waals surface area contributed by atoms with Crippen molar-refractivity contribution >= 4 is 45.8 Å². The quantitative estimate of drug-likeness (QED) is 0.740. The minimum Gasteiger partial charge on any atom is -0.326 e. The number of benzene rings is 2. The molecule has 2 aromatic carbocycles. The number of fused-ring (bicyclic) bond motifs is 1. The number of nitrogens with zero attached hydrogens (tertiary/aromatic N) is 2. The lowest BCUT2D eigenvalue weighted by molar-refractivity contribution is -0.122. The van der Waals surface area contributed by atoms with E-state index in [1.54, 1.807) is 0 Å². The molecule has 8 heteroatoms. The van der Waals surface area contributed by atoms with Crippen LogP contribution < -0.4 is 10.2 Å². The molecule has 2 amide bonds. The highest BCUT2D eigenvalue weighted by Gasteiger charge is 2.36. The zero-order chi connectivity index (χ0) is 18.3. The molecule has 0 spiro atoms. The Bertz CT molecular complexity index is 1020. The van der Waals surface area contributed by atoms with Gasteiger partial charge in [-0.05, 0) is 30.3 Å². The molecule has 26 heavy (non-hydrogen) atoms. The van der Waals surface area contributed by atoms with Gasteiger partial charge in [0, 0.05) is 24.0 Å². The number of para-hydroxylation sites is 1. The van der Waals surface area contributed by atoms with Crippen LogP contribution in [0.5, 0.6) is 0 Å². The number of aromatic nitrogens is 2. The Hall–Kier alpha value is -2.93. The molecule has 0 radical (unpaired) electrons. The lowest BCUT2D eigenvalue weighted by atomic mass is 10.1. The summed E-state index contributed by atoms with van der Waals surface area (Å²) in [7, 11) is 0. The number of aromatic amines is 1. The molecule has 1 saturated heterocycles. The molecule has 3 aromatic rings. The lowest BCUT2D eigenvalue weighted by Crippen LogP contribution is -2.28. The van der Waals surface area contributed by atoms with E-state index >= 15 is 0 Å². The number of hydrogen-bond donors (Lipinski definition) is 2. The summed E-state index contributed by atoms with van der Waals surface area (Å²) >= 11 is 5.73. The van der Waals surface area contributed by atoms with Gasteiger partial charge in [0.2, 0.25) is 11.8 Å². The van der Waals surface area contributed by atoms with Crippen molar-refractivity contribution < 1.29 is 14.0 Å². The number of carbonyl (C=O) groups is 2. The van der Waals surface area contributed by atoms with Crippen molar-refractivity contribution in [2.24, 2.45) is 5.92 Å². The number of anilines is 2. The van der Waals surface area contributed by atoms with Crippen molar-refractivity contribution in [1.29, 1.82) is 0 Å². The smallest absolute Gasteiger partial charge is 0.229 e. The highest BCUT2D eigenvalue weighted by molar-refractivity contribution is 6.31. The first-order valence-corrected chi connectivity index (χ1v) is 8.40. The topological polar surface area (TPSA) is 78.1 Å². The first-order valence-electron chi connectivity index (χ1n) is 8.02. The van der Waals surface area contributed by atoms with E-state index < -0.39 is 11.7 Å². The summed E-state index contributed by atoms with van der Waals surface area (Å²) in [4.78, 5) is 26.4. The number of nitrogens with one attached hydrogen (secondary N) is 2. The van der Waals surface area contributed by atoms with Gasteiger partial charge < -0.3 is 5.32 Å². The zero-order valence-corrected chi connectivity index (χ0v) is 14.3. The highest BCUT2D eigenvalue weighted by Crippen LogP contribution is 2.30. The predicted molar refractivity (Wildman–Crippen MR) is 96.6 cm³/mol. The lowest BCUT2D eigenvalue weighted by Gasteiger charge is -2.14. The maximum Gasteiger partial charge on any atom is 0.229 e. The van der Waals surface area contributed by atoms with Crippen LogP contribution in [0.4, 0.5) is 15.9 Å². The second-order valence-corrected chi connectivity index (χ2v) is 6.52. The van der Waals surface area contributed by atoms with Crippen LogP contribution in [0.25, 0.3) is 10.9 Å². The van der Waals surface area contributed by atoms with Gasteiger partial charge in [-0.3, -0.25) is 19.6 Å². The second-order valence-electron chi connectivity index (χ2n) is 6.12. The van der Waals surface area contributed by atoms with Crippen LogP contribution in [0.15, 0.2) is 42.5 Å². The maximum atomic E-state index is 13.2. The summed E-state index contributed by atoms with van der Waals surface area (Å²) in [5.74, 6) is -1.05. The van der Waals surface area contributed by atoms with E-state index in [0.717, 1.165) is 10.9 Å². The minimum atomic E-state index is -0.558. The fourth-order valence-electron chi connectivity index (χ4n) is 3.06. The average molecular weight is 373 g/mol. The summed E-state index contributed by atoms with van der Waals surface area (Å²) < 4.78 is 13.2. The summed E-state index contributed by atoms with van der Waals surface area (Å²) in [6.45, 7) is 0.231. The Morgan fingerprint density at radius 3 is 2.92 bits per heavy atom. The molecule has 4 rings (SSSR count). The summed E-state index contributed by atoms with van der Waals surface area (Å²) in [6.07, 6.45) is 0.0853. The van der Waals surface area contributed by atoms with Crippen LogP contribution in [0.2, 0.25) is 5.02 Å². The highest BCUT2D eigenvalue weighted by atomic mass is 35.5. The predicted octanol–water partition coefficient (Wildman–Crippen LogP) is 3.35. The molecule has 2 heterocycles. The Kier molecular flexibility index (Phi) is 4.08. The van der Waals surface area contributed by atoms with Gasteiger partial charge in [-0.2, -0.15) is 5.10 Å². The van der Waals surface area contributed by atoms with Crippen molar-refractivity contribution in [1.82, 2.24) is 10.2 Å². The van der Waals surface area contributed by atoms with Gasteiger partial charge in [-0.1, -0.05) is 23.7 Å². The minimum absolute atomic E-state index is 0.0742. The molecule has 0 aliphatic carbocycles. The van der Waals surface area contributed by atoms with E-state index in [1.165, 1.54) is 23.1 Å². The summed E-state index contributed by atoms with van der Waals surface area (Å²) in [5.41, 5.74) is 1.21. The Morgan fingerprint density at radius 2 is 2.12 bits per heavy atom. The number of carbonyl (C=O) groups excluding carboxylic acids is 2. The van der Waals surface area contributed by atoms with E-state index in [1.807, 2.05) is 24.3 Å². The third-order valence-electron chi connectivity index (χ3n) is 4.39. The van der Waals surface area contributed by atoms with Gasteiger partial charge in [-0.25, -0.2) is 4.39 Å². The van der Waals surface area contributed by atoms with E-state index in [4.69, 9.17) is 11.6 Å². The van der Waals surface area contributed by atoms with Gasteiger partial charge in [0.1, 0.15) is 5.82 Å². The summed E-state index contributed by atoms with van der Waals surface area (Å²) in [6, 6.07) is 11.4. The average Bonchev–Trinajstić information content (AvgIpc) is 3.21. The molecule has 132 valence electrons. The molecule has 1 aromatic heterocycles. The van der Waals surface area contributed by atoms with Crippen LogP contribution in [0.1, 0.15) is 6.42 Å². The molecule has 1 aliphatic heterocycles. The molecule has 1 atom stereocenters. The van der Waals surface area contributed by atoms with Gasteiger partial charge >= 0.3 is 0 Å². The molecule has 2 N–H and O–H groups in total. The molecule has 6 nitrogen and oxygen atoms in total. The van der Waals surface area contributed by atoms with Gasteiger partial charge in [0.15, 0.2) is 5.82 Å². The summed E-state index contributed by atoms with van der Waals surface area (Å²) in [5, 5.41) is 10.5. The van der Waals surface area contributed by atoms with E-state index in [2.05, 4.69) is 15.5 Å². The number of amides is 2. The van der Waals surface area contributed by atoms with Crippen LogP contribution in [-0.2, 0) is 9.59 Å². The second kappa shape index (κ2) is 6.42. The Morgan fingerprint density at radius 1 is 1.31 bits per heavy atom. The maximum absolute atomic E-state index is 13.2. The molecule has 1 unspecified atom stereocenters. The van der Waals surface area contributed by atoms with E-state index in [0.29, 0.717) is 11.5 Å². The number of rotatable bonds is 3. The first-order chi connectivity index (χ1) is 12.5. The van der Waals surface area contributed by atoms with Crippen LogP contribution in [0, 0.1) is 11.7 Å². The molecule has 0 saturated carbocycles. The number of H-pyrrole nitrogens is 1. The largest absolute Gasteiger partial charge is 0.326 e. The zero-order valence-electron chi connectivity index (χ0n) is 13.5. The standard InChI is InChI=1S/C18H14ClFN4O2/c19-13-8-11(5-6-14(13)20)21-18(26)10-7-16(25)24(9-10)17-12-3-1-2-4-15(12)22-23-17/h1-6,8,10H,7,9H2,(H,21,26)(H,22,23). The van der Waals surface area contributed by atoms with Crippen molar-refractivity contribution in [2.75, 3.05) is 16.8 Å². The van der Waals surface area contributed by atoms with E-state index in [9.17, 15) is 14.0 Å². The fourth-order valence-corrected chi connectivity index (χ4v) is 3.24.